The van der Waals surface area contributed by atoms with Crippen LogP contribution in [0.4, 0.5) is 11.4 Å². The fourth-order valence-electron chi connectivity index (χ4n) is 2.50. The number of aryl methyl sites for hydroxylation is 1. The first kappa shape index (κ1) is 24.2. The smallest absolute Gasteiger partial charge is 0.0467 e. The lowest BCUT2D eigenvalue weighted by Gasteiger charge is -2.26. The molecule has 0 amide bonds. The summed E-state index contributed by atoms with van der Waals surface area (Å²) < 4.78 is 0. The van der Waals surface area contributed by atoms with Crippen molar-refractivity contribution in [3.05, 3.63) is 103 Å². The van der Waals surface area contributed by atoms with Crippen LogP contribution in [-0.2, 0) is 0 Å². The van der Waals surface area contributed by atoms with Gasteiger partial charge in [0, 0.05) is 17.1 Å². The standard InChI is InChI=1S/C22H23N.2C2H6/c1-5-11-19-17-22(16-15-18(19)4)23(20(7-3)12-6-2)21-13-9-8-10-14-21;2*1-2/h5-17H,2-3H2,1,4H3;2*1-2H3/b11-5-,20-12+;;. The normalized spacial score (nSPS) is 10.2. The van der Waals surface area contributed by atoms with Gasteiger partial charge in [-0.2, -0.15) is 0 Å². The third-order valence-electron chi connectivity index (χ3n) is 3.64. The molecule has 0 spiro atoms. The summed E-state index contributed by atoms with van der Waals surface area (Å²) in [6.45, 7) is 19.9. The summed E-state index contributed by atoms with van der Waals surface area (Å²) in [7, 11) is 0. The average Bonchev–Trinajstić information content (AvgIpc) is 2.74. The van der Waals surface area contributed by atoms with Crippen molar-refractivity contribution in [3.8, 4) is 0 Å². The molecular weight excluding hydrogens is 326 g/mol. The molecule has 1 heteroatoms. The number of anilines is 2. The molecule has 144 valence electrons. The highest BCUT2D eigenvalue weighted by atomic mass is 15.1. The van der Waals surface area contributed by atoms with Gasteiger partial charge in [-0.1, -0.05) is 83.3 Å². The Balaban J connectivity index is 0.00000158. The van der Waals surface area contributed by atoms with Crippen LogP contribution in [0.5, 0.6) is 0 Å². The first-order valence-corrected chi connectivity index (χ1v) is 9.75. The van der Waals surface area contributed by atoms with Gasteiger partial charge < -0.3 is 4.90 Å². The van der Waals surface area contributed by atoms with Crippen LogP contribution in [0.3, 0.4) is 0 Å². The zero-order valence-electron chi connectivity index (χ0n) is 17.9. The van der Waals surface area contributed by atoms with Gasteiger partial charge in [0.1, 0.15) is 0 Å². The second-order valence-electron chi connectivity index (χ2n) is 5.24. The number of nitrogens with zero attached hydrogens (tertiary/aromatic N) is 1. The van der Waals surface area contributed by atoms with Crippen LogP contribution in [0.2, 0.25) is 0 Å². The summed E-state index contributed by atoms with van der Waals surface area (Å²) in [5, 5.41) is 0. The topological polar surface area (TPSA) is 3.24 Å². The summed E-state index contributed by atoms with van der Waals surface area (Å²) in [6.07, 6.45) is 9.80. The van der Waals surface area contributed by atoms with Gasteiger partial charge in [-0.15, -0.1) is 0 Å². The molecular formula is C26H35N. The maximum Gasteiger partial charge on any atom is 0.0467 e. The van der Waals surface area contributed by atoms with Crippen molar-refractivity contribution in [2.45, 2.75) is 41.5 Å². The lowest BCUT2D eigenvalue weighted by Crippen LogP contribution is -2.15. The second kappa shape index (κ2) is 14.4. The van der Waals surface area contributed by atoms with E-state index in [1.54, 1.807) is 6.08 Å². The van der Waals surface area contributed by atoms with Gasteiger partial charge in [0.15, 0.2) is 0 Å². The minimum atomic E-state index is 0.987. The van der Waals surface area contributed by atoms with Crippen LogP contribution in [0, 0.1) is 6.92 Å². The van der Waals surface area contributed by atoms with Crippen molar-refractivity contribution in [1.82, 2.24) is 0 Å². The highest BCUT2D eigenvalue weighted by molar-refractivity contribution is 5.73. The lowest BCUT2D eigenvalue weighted by atomic mass is 10.1. The molecule has 0 unspecified atom stereocenters. The van der Waals surface area contributed by atoms with Gasteiger partial charge in [-0.3, -0.25) is 0 Å². The Kier molecular flexibility index (Phi) is 12.9. The Labute approximate surface area is 167 Å². The molecule has 27 heavy (non-hydrogen) atoms. The van der Waals surface area contributed by atoms with E-state index in [9.17, 15) is 0 Å². The average molecular weight is 362 g/mol. The maximum atomic E-state index is 3.96. The quantitative estimate of drug-likeness (QED) is 0.466. The predicted octanol–water partition coefficient (Wildman–Crippen LogP) is 8.47. The van der Waals surface area contributed by atoms with E-state index in [4.69, 9.17) is 0 Å². The molecule has 0 saturated heterocycles. The minimum Gasteiger partial charge on any atom is -0.311 e. The number of allylic oxidation sites excluding steroid dienone is 4. The first-order chi connectivity index (χ1) is 13.2. The van der Waals surface area contributed by atoms with Crippen molar-refractivity contribution in [2.24, 2.45) is 0 Å². The van der Waals surface area contributed by atoms with E-state index in [2.05, 4.69) is 67.5 Å². The minimum absolute atomic E-state index is 0.987. The van der Waals surface area contributed by atoms with E-state index in [0.717, 1.165) is 17.1 Å². The van der Waals surface area contributed by atoms with E-state index in [-0.39, 0.29) is 0 Å². The van der Waals surface area contributed by atoms with Crippen LogP contribution in [0.25, 0.3) is 6.08 Å². The van der Waals surface area contributed by atoms with Gasteiger partial charge in [0.05, 0.1) is 0 Å². The summed E-state index contributed by atoms with van der Waals surface area (Å²) in [5.74, 6) is 0. The number of rotatable bonds is 6. The maximum absolute atomic E-state index is 3.96. The Morgan fingerprint density at radius 1 is 0.889 bits per heavy atom. The molecule has 0 N–H and O–H groups in total. The monoisotopic (exact) mass is 361 g/mol. The molecule has 0 bridgehead atoms. The summed E-state index contributed by atoms with van der Waals surface area (Å²) in [4.78, 5) is 2.18. The molecule has 0 aliphatic rings. The fraction of sp³-hybridized carbons (Fsp3) is 0.231. The first-order valence-electron chi connectivity index (χ1n) is 9.75. The van der Waals surface area contributed by atoms with Crippen molar-refractivity contribution < 1.29 is 0 Å². The van der Waals surface area contributed by atoms with Gasteiger partial charge in [-0.25, -0.2) is 0 Å². The fourth-order valence-corrected chi connectivity index (χ4v) is 2.50. The summed E-state index contributed by atoms with van der Waals surface area (Å²) in [5.41, 5.74) is 5.65. The van der Waals surface area contributed by atoms with E-state index in [1.165, 1.54) is 11.1 Å². The van der Waals surface area contributed by atoms with Crippen LogP contribution in [0.1, 0.15) is 45.7 Å². The third-order valence-corrected chi connectivity index (χ3v) is 3.64. The Bertz CT molecular complexity index is 736. The van der Waals surface area contributed by atoms with E-state index < -0.39 is 0 Å². The zero-order valence-corrected chi connectivity index (χ0v) is 17.9. The second-order valence-corrected chi connectivity index (χ2v) is 5.24. The highest BCUT2D eigenvalue weighted by Gasteiger charge is 2.12. The molecule has 2 aromatic carbocycles. The molecule has 0 heterocycles. The summed E-state index contributed by atoms with van der Waals surface area (Å²) in [6, 6.07) is 16.8. The highest BCUT2D eigenvalue weighted by Crippen LogP contribution is 2.32. The van der Waals surface area contributed by atoms with Gasteiger partial charge in [-0.05, 0) is 61.4 Å². The Hall–Kier alpha value is -2.80. The molecule has 2 aromatic rings. The molecule has 0 radical (unpaired) electrons. The lowest BCUT2D eigenvalue weighted by molar-refractivity contribution is 1.20. The van der Waals surface area contributed by atoms with Gasteiger partial charge in [0.2, 0.25) is 0 Å². The van der Waals surface area contributed by atoms with Crippen LogP contribution < -0.4 is 4.90 Å². The molecule has 2 rings (SSSR count). The van der Waals surface area contributed by atoms with Gasteiger partial charge >= 0.3 is 0 Å². The molecule has 0 saturated carbocycles. The Morgan fingerprint density at radius 2 is 1.52 bits per heavy atom. The zero-order chi connectivity index (χ0) is 20.7. The van der Waals surface area contributed by atoms with Crippen molar-refractivity contribution in [1.29, 1.82) is 0 Å². The largest absolute Gasteiger partial charge is 0.311 e. The molecule has 0 aromatic heterocycles. The van der Waals surface area contributed by atoms with Crippen LogP contribution >= 0.6 is 0 Å². The van der Waals surface area contributed by atoms with Crippen molar-refractivity contribution >= 4 is 17.5 Å². The molecule has 1 nitrogen and oxygen atoms in total. The SMILES string of the molecule is C=C/C=C(\C=C)N(c1ccccc1)c1ccc(C)c(/C=C\C)c1.CC.CC. The molecule has 0 fully saturated rings. The Morgan fingerprint density at radius 3 is 2.04 bits per heavy atom. The molecule has 0 atom stereocenters. The number of hydrogen-bond acceptors (Lipinski definition) is 1. The molecule has 0 aliphatic carbocycles. The van der Waals surface area contributed by atoms with E-state index >= 15 is 0 Å². The van der Waals surface area contributed by atoms with Crippen molar-refractivity contribution in [2.75, 3.05) is 4.90 Å². The number of hydrogen-bond donors (Lipinski definition) is 0. The van der Waals surface area contributed by atoms with Crippen LogP contribution in [-0.4, -0.2) is 0 Å². The number of para-hydroxylation sites is 1. The number of benzene rings is 2. The third kappa shape index (κ3) is 7.15. The van der Waals surface area contributed by atoms with Crippen LogP contribution in [0.15, 0.2) is 91.7 Å². The summed E-state index contributed by atoms with van der Waals surface area (Å²) >= 11 is 0. The van der Waals surface area contributed by atoms with Gasteiger partial charge in [0.25, 0.3) is 0 Å². The predicted molar refractivity (Wildman–Crippen MR) is 126 cm³/mol. The van der Waals surface area contributed by atoms with E-state index in [0.29, 0.717) is 0 Å². The van der Waals surface area contributed by atoms with Crippen molar-refractivity contribution in [3.63, 3.8) is 0 Å². The molecule has 0 aliphatic heterocycles. The van der Waals surface area contributed by atoms with E-state index in [1.807, 2.05) is 65.0 Å².